The summed E-state index contributed by atoms with van der Waals surface area (Å²) >= 11 is 0. The first-order valence-electron chi connectivity index (χ1n) is 9.07. The van der Waals surface area contributed by atoms with Crippen molar-refractivity contribution in [1.29, 1.82) is 5.26 Å². The standard InChI is InChI=1S/C22H22N2O3/c1-27-21(25)13-17-3-2-12-24(15-17)22(26)20-10-8-19(9-11-20)18-6-4-16(14-23)5-7-18/h4-11,17H,2-3,12-13,15H2,1H3. The lowest BCUT2D eigenvalue weighted by Gasteiger charge is -2.32. The number of piperidine rings is 1. The zero-order valence-electron chi connectivity index (χ0n) is 15.4. The Labute approximate surface area is 159 Å². The number of hydrogen-bond donors (Lipinski definition) is 0. The van der Waals surface area contributed by atoms with E-state index in [1.165, 1.54) is 7.11 Å². The van der Waals surface area contributed by atoms with Crippen molar-refractivity contribution in [2.75, 3.05) is 20.2 Å². The first-order valence-corrected chi connectivity index (χ1v) is 9.07. The van der Waals surface area contributed by atoms with E-state index in [-0.39, 0.29) is 17.8 Å². The highest BCUT2D eigenvalue weighted by atomic mass is 16.5. The van der Waals surface area contributed by atoms with Crippen LogP contribution in [0, 0.1) is 17.2 Å². The lowest BCUT2D eigenvalue weighted by molar-refractivity contribution is -0.142. The van der Waals surface area contributed by atoms with Crippen LogP contribution in [0.5, 0.6) is 0 Å². The zero-order chi connectivity index (χ0) is 19.2. The smallest absolute Gasteiger partial charge is 0.305 e. The van der Waals surface area contributed by atoms with Gasteiger partial charge in [0.05, 0.1) is 18.7 Å². The molecule has 2 aromatic carbocycles. The van der Waals surface area contributed by atoms with Crippen LogP contribution < -0.4 is 0 Å². The molecule has 0 radical (unpaired) electrons. The molecule has 0 spiro atoms. The molecule has 5 heteroatoms. The van der Waals surface area contributed by atoms with Crippen LogP contribution in [0.15, 0.2) is 48.5 Å². The quantitative estimate of drug-likeness (QED) is 0.779. The molecule has 2 aromatic rings. The molecule has 0 bridgehead atoms. The van der Waals surface area contributed by atoms with Crippen LogP contribution in [0.25, 0.3) is 11.1 Å². The second-order valence-electron chi connectivity index (χ2n) is 6.81. The van der Waals surface area contributed by atoms with E-state index in [0.29, 0.717) is 30.6 Å². The monoisotopic (exact) mass is 362 g/mol. The van der Waals surface area contributed by atoms with Crippen molar-refractivity contribution >= 4 is 11.9 Å². The number of likely N-dealkylation sites (tertiary alicyclic amines) is 1. The molecule has 1 atom stereocenters. The molecule has 1 saturated heterocycles. The van der Waals surface area contributed by atoms with E-state index < -0.39 is 0 Å². The topological polar surface area (TPSA) is 70.4 Å². The maximum Gasteiger partial charge on any atom is 0.305 e. The number of nitriles is 1. The van der Waals surface area contributed by atoms with Crippen LogP contribution in [-0.4, -0.2) is 37.0 Å². The number of methoxy groups -OCH3 is 1. The average molecular weight is 362 g/mol. The van der Waals surface area contributed by atoms with Crippen molar-refractivity contribution in [3.05, 3.63) is 59.7 Å². The van der Waals surface area contributed by atoms with Crippen LogP contribution in [0.2, 0.25) is 0 Å². The highest BCUT2D eigenvalue weighted by molar-refractivity contribution is 5.94. The van der Waals surface area contributed by atoms with Gasteiger partial charge in [-0.15, -0.1) is 0 Å². The molecule has 27 heavy (non-hydrogen) atoms. The number of ether oxygens (including phenoxy) is 1. The highest BCUT2D eigenvalue weighted by Gasteiger charge is 2.26. The third kappa shape index (κ3) is 4.53. The summed E-state index contributed by atoms with van der Waals surface area (Å²) in [5, 5.41) is 8.88. The summed E-state index contributed by atoms with van der Waals surface area (Å²) in [5.41, 5.74) is 3.27. The van der Waals surface area contributed by atoms with E-state index in [9.17, 15) is 9.59 Å². The van der Waals surface area contributed by atoms with Gasteiger partial charge in [-0.2, -0.15) is 5.26 Å². The highest BCUT2D eigenvalue weighted by Crippen LogP contribution is 2.24. The summed E-state index contributed by atoms with van der Waals surface area (Å²) < 4.78 is 4.74. The molecular weight excluding hydrogens is 340 g/mol. The fraction of sp³-hybridized carbons (Fsp3) is 0.318. The molecule has 1 amide bonds. The first kappa shape index (κ1) is 18.7. The Bertz CT molecular complexity index is 851. The third-order valence-electron chi connectivity index (χ3n) is 4.97. The van der Waals surface area contributed by atoms with E-state index in [1.807, 2.05) is 41.3 Å². The van der Waals surface area contributed by atoms with Crippen LogP contribution in [-0.2, 0) is 9.53 Å². The average Bonchev–Trinajstić information content (AvgIpc) is 2.73. The molecule has 5 nitrogen and oxygen atoms in total. The van der Waals surface area contributed by atoms with Crippen LogP contribution in [0.4, 0.5) is 0 Å². The third-order valence-corrected chi connectivity index (χ3v) is 4.97. The minimum atomic E-state index is -0.221. The lowest BCUT2D eigenvalue weighted by Crippen LogP contribution is -2.40. The minimum absolute atomic E-state index is 0.00376. The number of benzene rings is 2. The summed E-state index contributed by atoms with van der Waals surface area (Å²) in [6, 6.07) is 17.0. The molecule has 1 aliphatic rings. The Balaban J connectivity index is 1.68. The molecular formula is C22H22N2O3. The van der Waals surface area contributed by atoms with E-state index in [1.54, 1.807) is 12.1 Å². The summed E-state index contributed by atoms with van der Waals surface area (Å²) in [6.07, 6.45) is 2.20. The molecule has 1 aliphatic heterocycles. The van der Waals surface area contributed by atoms with Gasteiger partial charge < -0.3 is 9.64 Å². The molecule has 0 aliphatic carbocycles. The van der Waals surface area contributed by atoms with E-state index in [0.717, 1.165) is 24.0 Å². The van der Waals surface area contributed by atoms with Gasteiger partial charge in [0.15, 0.2) is 0 Å². The van der Waals surface area contributed by atoms with E-state index >= 15 is 0 Å². The molecule has 0 N–H and O–H groups in total. The largest absolute Gasteiger partial charge is 0.469 e. The SMILES string of the molecule is COC(=O)CC1CCCN(C(=O)c2ccc(-c3ccc(C#N)cc3)cc2)C1. The number of rotatable bonds is 4. The van der Waals surface area contributed by atoms with Crippen molar-refractivity contribution in [3.63, 3.8) is 0 Å². The van der Waals surface area contributed by atoms with Gasteiger partial charge in [0.2, 0.25) is 0 Å². The number of nitrogens with zero attached hydrogens (tertiary/aromatic N) is 2. The van der Waals surface area contributed by atoms with Crippen molar-refractivity contribution < 1.29 is 14.3 Å². The van der Waals surface area contributed by atoms with Gasteiger partial charge in [0.1, 0.15) is 0 Å². The van der Waals surface area contributed by atoms with Crippen molar-refractivity contribution in [1.82, 2.24) is 4.90 Å². The van der Waals surface area contributed by atoms with Crippen molar-refractivity contribution in [2.45, 2.75) is 19.3 Å². The second-order valence-corrected chi connectivity index (χ2v) is 6.81. The van der Waals surface area contributed by atoms with Gasteiger partial charge in [0.25, 0.3) is 5.91 Å². The predicted octanol–water partition coefficient (Wildman–Crippen LogP) is 3.64. The number of carbonyl (C=O) groups excluding carboxylic acids is 2. The normalized spacial score (nSPS) is 16.4. The zero-order valence-corrected chi connectivity index (χ0v) is 15.4. The maximum absolute atomic E-state index is 12.8. The van der Waals surface area contributed by atoms with E-state index in [2.05, 4.69) is 6.07 Å². The Morgan fingerprint density at radius 1 is 1.11 bits per heavy atom. The van der Waals surface area contributed by atoms with Gasteiger partial charge >= 0.3 is 5.97 Å². The molecule has 0 saturated carbocycles. The molecule has 1 fully saturated rings. The second kappa shape index (κ2) is 8.50. The van der Waals surface area contributed by atoms with Crippen LogP contribution in [0.1, 0.15) is 35.2 Å². The molecule has 3 rings (SSSR count). The van der Waals surface area contributed by atoms with Gasteiger partial charge in [-0.25, -0.2) is 0 Å². The first-order chi connectivity index (χ1) is 13.1. The summed E-state index contributed by atoms with van der Waals surface area (Å²) in [5.74, 6) is -0.0647. The van der Waals surface area contributed by atoms with Crippen LogP contribution in [0.3, 0.4) is 0 Å². The fourth-order valence-electron chi connectivity index (χ4n) is 3.46. The summed E-state index contributed by atoms with van der Waals surface area (Å²) in [7, 11) is 1.39. The summed E-state index contributed by atoms with van der Waals surface area (Å²) in [6.45, 7) is 1.30. The molecule has 138 valence electrons. The van der Waals surface area contributed by atoms with E-state index in [4.69, 9.17) is 10.00 Å². The molecule has 0 aromatic heterocycles. The maximum atomic E-state index is 12.8. The molecule has 1 unspecified atom stereocenters. The number of hydrogen-bond acceptors (Lipinski definition) is 4. The Kier molecular flexibility index (Phi) is 5.87. The number of amides is 1. The fourth-order valence-corrected chi connectivity index (χ4v) is 3.46. The van der Waals surface area contributed by atoms with Crippen molar-refractivity contribution in [2.24, 2.45) is 5.92 Å². The van der Waals surface area contributed by atoms with Crippen LogP contribution >= 0.6 is 0 Å². The Morgan fingerprint density at radius 3 is 2.33 bits per heavy atom. The molecule has 1 heterocycles. The Morgan fingerprint density at radius 2 is 1.74 bits per heavy atom. The number of esters is 1. The minimum Gasteiger partial charge on any atom is -0.469 e. The predicted molar refractivity (Wildman–Crippen MR) is 102 cm³/mol. The summed E-state index contributed by atoms with van der Waals surface area (Å²) in [4.78, 5) is 26.1. The van der Waals surface area contributed by atoms with Gasteiger partial charge in [-0.3, -0.25) is 9.59 Å². The number of carbonyl (C=O) groups is 2. The lowest BCUT2D eigenvalue weighted by atomic mass is 9.94. The van der Waals surface area contributed by atoms with Gasteiger partial charge in [-0.05, 0) is 54.2 Å². The van der Waals surface area contributed by atoms with Gasteiger partial charge in [-0.1, -0.05) is 24.3 Å². The van der Waals surface area contributed by atoms with Gasteiger partial charge in [0, 0.05) is 25.1 Å². The Hall–Kier alpha value is -3.13. The van der Waals surface area contributed by atoms with Crippen molar-refractivity contribution in [3.8, 4) is 17.2 Å².